The summed E-state index contributed by atoms with van der Waals surface area (Å²) in [6, 6.07) is 10.0. The molecule has 1 heterocycles. The van der Waals surface area contributed by atoms with Crippen LogP contribution in [-0.4, -0.2) is 16.9 Å². The molecule has 2 aliphatic rings. The molecule has 4 rings (SSSR count). The summed E-state index contributed by atoms with van der Waals surface area (Å²) in [6.45, 7) is 12.8. The van der Waals surface area contributed by atoms with Crippen LogP contribution in [0.3, 0.4) is 0 Å². The minimum absolute atomic E-state index is 0.351. The number of benzene rings is 1. The van der Waals surface area contributed by atoms with E-state index in [0.717, 1.165) is 54.4 Å². The van der Waals surface area contributed by atoms with Crippen molar-refractivity contribution >= 4 is 17.4 Å². The van der Waals surface area contributed by atoms with Crippen LogP contribution >= 0.6 is 0 Å². The van der Waals surface area contributed by atoms with E-state index in [0.29, 0.717) is 30.2 Å². The number of halogens is 1. The molecule has 1 aromatic heterocycles. The number of rotatable bonds is 8. The van der Waals surface area contributed by atoms with Gasteiger partial charge >= 0.3 is 0 Å². The molecule has 0 saturated heterocycles. The lowest BCUT2D eigenvalue weighted by molar-refractivity contribution is 0.0161. The van der Waals surface area contributed by atoms with E-state index in [1.54, 1.807) is 6.92 Å². The van der Waals surface area contributed by atoms with Crippen molar-refractivity contribution in [2.75, 3.05) is 0 Å². The number of hydrogen-bond donors (Lipinski definition) is 0. The lowest BCUT2D eigenvalue weighted by Gasteiger charge is -2.40. The fourth-order valence-corrected chi connectivity index (χ4v) is 6.06. The van der Waals surface area contributed by atoms with Gasteiger partial charge in [-0.1, -0.05) is 48.4 Å². The first-order valence-corrected chi connectivity index (χ1v) is 13.4. The molecule has 2 aromatic rings. The molecule has 0 spiro atoms. The molecule has 1 fully saturated rings. The van der Waals surface area contributed by atoms with E-state index in [4.69, 9.17) is 4.98 Å². The van der Waals surface area contributed by atoms with Gasteiger partial charge in [0.1, 0.15) is 12.0 Å². The summed E-state index contributed by atoms with van der Waals surface area (Å²) >= 11 is 0. The van der Waals surface area contributed by atoms with Gasteiger partial charge in [0.05, 0.1) is 5.69 Å². The van der Waals surface area contributed by atoms with E-state index in [1.165, 1.54) is 27.9 Å². The summed E-state index contributed by atoms with van der Waals surface area (Å²) in [4.78, 5) is 16.3. The van der Waals surface area contributed by atoms with Gasteiger partial charge < -0.3 is 0 Å². The lowest BCUT2D eigenvalue weighted by Crippen LogP contribution is -2.37. The number of allylic oxidation sites excluding steroid dienone is 5. The highest BCUT2D eigenvalue weighted by Crippen LogP contribution is 2.45. The van der Waals surface area contributed by atoms with Gasteiger partial charge in [-0.25, -0.2) is 4.39 Å². The Hall–Kier alpha value is -2.81. The van der Waals surface area contributed by atoms with Gasteiger partial charge in [-0.2, -0.15) is 0 Å². The minimum Gasteiger partial charge on any atom is -0.298 e. The van der Waals surface area contributed by atoms with Crippen molar-refractivity contribution in [3.63, 3.8) is 0 Å². The van der Waals surface area contributed by atoms with Crippen LogP contribution in [0.1, 0.15) is 106 Å². The zero-order valence-electron chi connectivity index (χ0n) is 22.7. The summed E-state index contributed by atoms with van der Waals surface area (Å²) < 4.78 is 14.1. The van der Waals surface area contributed by atoms with Crippen molar-refractivity contribution in [1.82, 2.24) is 4.98 Å². The molecule has 1 atom stereocenters. The van der Waals surface area contributed by atoms with Gasteiger partial charge in [-0.3, -0.25) is 9.78 Å². The van der Waals surface area contributed by atoms with E-state index in [-0.39, 0.29) is 0 Å². The van der Waals surface area contributed by atoms with Gasteiger partial charge in [0.25, 0.3) is 0 Å². The zero-order chi connectivity index (χ0) is 26.0. The largest absolute Gasteiger partial charge is 0.298 e. The third-order valence-electron chi connectivity index (χ3n) is 8.29. The van der Waals surface area contributed by atoms with Crippen LogP contribution in [0, 0.1) is 18.8 Å². The first-order valence-electron chi connectivity index (χ1n) is 13.4. The molecular weight excluding hydrogens is 445 g/mol. The van der Waals surface area contributed by atoms with E-state index < -0.39 is 5.67 Å². The molecule has 36 heavy (non-hydrogen) atoms. The SMILES string of the molecule is CC[C@H](/C=C(/c1ccc(C=O)cc1)c1ncc(C2=C(C)CCC(C)=C2C)cc1C)CC1CC(C)(F)C1. The van der Waals surface area contributed by atoms with Crippen molar-refractivity contribution in [2.45, 2.75) is 85.7 Å². The number of aryl methyl sites for hydroxylation is 1. The fourth-order valence-electron chi connectivity index (χ4n) is 6.06. The number of carbonyl (C=O) groups excluding carboxylic acids is 1. The number of pyridine rings is 1. The molecule has 0 amide bonds. The van der Waals surface area contributed by atoms with Gasteiger partial charge in [-0.05, 0) is 113 Å². The monoisotopic (exact) mass is 485 g/mol. The second-order valence-corrected chi connectivity index (χ2v) is 11.4. The number of carbonyl (C=O) groups is 1. The first kappa shape index (κ1) is 26.3. The van der Waals surface area contributed by atoms with E-state index in [9.17, 15) is 9.18 Å². The molecule has 1 saturated carbocycles. The van der Waals surface area contributed by atoms with Crippen molar-refractivity contribution in [3.05, 3.63) is 87.3 Å². The highest BCUT2D eigenvalue weighted by molar-refractivity contribution is 5.85. The van der Waals surface area contributed by atoms with Gasteiger partial charge in [0, 0.05) is 22.9 Å². The quantitative estimate of drug-likeness (QED) is 0.349. The molecule has 190 valence electrons. The Labute approximate surface area is 216 Å². The third-order valence-corrected chi connectivity index (χ3v) is 8.29. The second-order valence-electron chi connectivity index (χ2n) is 11.4. The van der Waals surface area contributed by atoms with Crippen LogP contribution in [0.25, 0.3) is 11.1 Å². The van der Waals surface area contributed by atoms with Crippen LogP contribution in [0.15, 0.2) is 59.3 Å². The number of nitrogens with zero attached hydrogens (tertiary/aromatic N) is 1. The topological polar surface area (TPSA) is 30.0 Å². The Bertz CT molecular complexity index is 1220. The molecule has 2 aliphatic carbocycles. The number of hydrogen-bond acceptors (Lipinski definition) is 2. The van der Waals surface area contributed by atoms with Crippen LogP contribution < -0.4 is 0 Å². The molecule has 0 radical (unpaired) electrons. The molecule has 0 N–H and O–H groups in total. The van der Waals surface area contributed by atoms with Gasteiger partial charge in [0.2, 0.25) is 0 Å². The van der Waals surface area contributed by atoms with Crippen LogP contribution in [0.4, 0.5) is 4.39 Å². The standard InChI is InChI=1S/C33H40FNO/c1-7-25(15-27-17-33(6,34)18-27)16-30(28-12-10-26(20-36)11-13-28)32-23(4)14-29(19-35-32)31-22(3)9-8-21(2)24(31)5/h10-14,16,19-20,25,27H,7-9,15,17-18H2,1-6H3/b30-16-/t25-,27?,33?/m0/s1. The number of alkyl halides is 1. The van der Waals surface area contributed by atoms with Gasteiger partial charge in [-0.15, -0.1) is 0 Å². The highest BCUT2D eigenvalue weighted by Gasteiger charge is 2.40. The Morgan fingerprint density at radius 1 is 1.11 bits per heavy atom. The Balaban J connectivity index is 1.73. The molecule has 0 bridgehead atoms. The number of aromatic nitrogens is 1. The lowest BCUT2D eigenvalue weighted by atomic mass is 9.69. The zero-order valence-corrected chi connectivity index (χ0v) is 22.7. The Morgan fingerprint density at radius 2 is 1.78 bits per heavy atom. The van der Waals surface area contributed by atoms with E-state index in [1.807, 2.05) is 30.5 Å². The third kappa shape index (κ3) is 5.61. The van der Waals surface area contributed by atoms with Crippen molar-refractivity contribution in [3.8, 4) is 0 Å². The predicted molar refractivity (Wildman–Crippen MR) is 149 cm³/mol. The summed E-state index contributed by atoms with van der Waals surface area (Å²) in [6.07, 6.45) is 10.8. The van der Waals surface area contributed by atoms with Crippen LogP contribution in [0.2, 0.25) is 0 Å². The normalized spacial score (nSPS) is 23.5. The van der Waals surface area contributed by atoms with Crippen molar-refractivity contribution in [2.24, 2.45) is 11.8 Å². The van der Waals surface area contributed by atoms with Gasteiger partial charge in [0.15, 0.2) is 0 Å². The van der Waals surface area contributed by atoms with Crippen molar-refractivity contribution < 1.29 is 9.18 Å². The summed E-state index contributed by atoms with van der Waals surface area (Å²) in [5, 5.41) is 0. The fraction of sp³-hybridized carbons (Fsp3) is 0.455. The summed E-state index contributed by atoms with van der Waals surface area (Å²) in [7, 11) is 0. The highest BCUT2D eigenvalue weighted by atomic mass is 19.1. The molecule has 1 aromatic carbocycles. The maximum atomic E-state index is 14.1. The molecular formula is C33H40FNO. The maximum Gasteiger partial charge on any atom is 0.150 e. The van der Waals surface area contributed by atoms with E-state index in [2.05, 4.69) is 46.8 Å². The van der Waals surface area contributed by atoms with E-state index >= 15 is 0 Å². The summed E-state index contributed by atoms with van der Waals surface area (Å²) in [5.74, 6) is 0.791. The smallest absolute Gasteiger partial charge is 0.150 e. The predicted octanol–water partition coefficient (Wildman–Crippen LogP) is 9.09. The molecule has 2 nitrogen and oxygen atoms in total. The molecule has 3 heteroatoms. The molecule has 0 aliphatic heterocycles. The average Bonchev–Trinajstić information content (AvgIpc) is 2.83. The minimum atomic E-state index is -0.995. The Morgan fingerprint density at radius 3 is 2.36 bits per heavy atom. The van der Waals surface area contributed by atoms with Crippen molar-refractivity contribution in [1.29, 1.82) is 0 Å². The van der Waals surface area contributed by atoms with Crippen LogP contribution in [-0.2, 0) is 0 Å². The Kier molecular flexibility index (Phi) is 7.78. The second kappa shape index (κ2) is 10.7. The first-order chi connectivity index (χ1) is 17.1. The van der Waals surface area contributed by atoms with Crippen LogP contribution in [0.5, 0.6) is 0 Å². The summed E-state index contributed by atoms with van der Waals surface area (Å²) in [5.41, 5.74) is 10.7. The molecule has 0 unspecified atom stereocenters. The average molecular weight is 486 g/mol. The maximum absolute atomic E-state index is 14.1. The number of aldehydes is 1.